The van der Waals surface area contributed by atoms with Gasteiger partial charge in [0.2, 0.25) is 0 Å². The third-order valence-corrected chi connectivity index (χ3v) is 5.02. The van der Waals surface area contributed by atoms with Gasteiger partial charge in [0, 0.05) is 38.1 Å². The molecule has 0 amide bonds. The third kappa shape index (κ3) is 3.94. The second-order valence-corrected chi connectivity index (χ2v) is 6.98. The van der Waals surface area contributed by atoms with Gasteiger partial charge in [-0.3, -0.25) is 0 Å². The van der Waals surface area contributed by atoms with Gasteiger partial charge in [0.25, 0.3) is 0 Å². The van der Waals surface area contributed by atoms with Gasteiger partial charge in [0.05, 0.1) is 22.0 Å². The van der Waals surface area contributed by atoms with E-state index in [1.54, 1.807) is 6.07 Å². The lowest BCUT2D eigenvalue weighted by Crippen LogP contribution is -2.43. The Kier molecular flexibility index (Phi) is 5.46. The Labute approximate surface area is 171 Å². The van der Waals surface area contributed by atoms with E-state index in [0.29, 0.717) is 11.4 Å². The highest BCUT2D eigenvalue weighted by Crippen LogP contribution is 2.34. The summed E-state index contributed by atoms with van der Waals surface area (Å²) in [6.07, 6.45) is 1.16. The second-order valence-electron chi connectivity index (χ2n) is 6.57. The number of hydrogen-bond donors (Lipinski definition) is 3. The highest BCUT2D eigenvalue weighted by atomic mass is 35.5. The van der Waals surface area contributed by atoms with E-state index in [4.69, 9.17) is 17.3 Å². The molecule has 4 N–H and O–H groups in total. The molecule has 0 spiro atoms. The topological polar surface area (TPSA) is 78.0 Å². The van der Waals surface area contributed by atoms with E-state index in [1.807, 2.05) is 12.1 Å². The van der Waals surface area contributed by atoms with E-state index in [9.17, 15) is 8.78 Å². The monoisotopic (exact) mass is 416 g/mol. The number of anilines is 2. The van der Waals surface area contributed by atoms with Crippen LogP contribution in [0.5, 0.6) is 0 Å². The van der Waals surface area contributed by atoms with Crippen LogP contribution < -0.4 is 21.3 Å². The lowest BCUT2D eigenvalue weighted by Gasteiger charge is -2.30. The summed E-state index contributed by atoms with van der Waals surface area (Å²) < 4.78 is 28.7. The number of piperazine rings is 1. The van der Waals surface area contributed by atoms with Crippen LogP contribution >= 0.6 is 11.6 Å². The number of halogens is 3. The molecule has 1 fully saturated rings. The van der Waals surface area contributed by atoms with E-state index in [2.05, 4.69) is 25.5 Å². The molecule has 2 aromatic carbocycles. The Morgan fingerprint density at radius 2 is 1.83 bits per heavy atom. The van der Waals surface area contributed by atoms with Crippen LogP contribution in [0.2, 0.25) is 0 Å². The van der Waals surface area contributed by atoms with E-state index in [-0.39, 0.29) is 22.3 Å². The standard InChI is InChI=1S/C20H19ClF2N6/c21-13(11-24)19-27-17-10-12(29-8-6-25-7-9-29)4-5-16(17)26-20(28-19)18-14(22)2-1-3-15(18)23/h1-5,10-11,25H,6-9,24H2,(H,26,27,28)/b13-11+. The lowest BCUT2D eigenvalue weighted by atomic mass is 10.1. The minimum absolute atomic E-state index is 0.106. The first-order chi connectivity index (χ1) is 14.1. The summed E-state index contributed by atoms with van der Waals surface area (Å²) in [5.41, 5.74) is 7.33. The largest absolute Gasteiger partial charge is 0.403 e. The average molecular weight is 417 g/mol. The number of hydrogen-bond acceptors (Lipinski definition) is 6. The van der Waals surface area contributed by atoms with Crippen molar-refractivity contribution in [2.45, 2.75) is 0 Å². The number of nitrogens with one attached hydrogen (secondary N) is 2. The maximum absolute atomic E-state index is 14.4. The molecule has 2 aliphatic rings. The van der Waals surface area contributed by atoms with Gasteiger partial charge in [-0.15, -0.1) is 0 Å². The summed E-state index contributed by atoms with van der Waals surface area (Å²) in [5, 5.41) is 6.52. The molecule has 1 saturated heterocycles. The molecule has 2 aliphatic heterocycles. The van der Waals surface area contributed by atoms with Crippen molar-refractivity contribution in [2.75, 3.05) is 36.4 Å². The van der Waals surface area contributed by atoms with Crippen molar-refractivity contribution in [1.29, 1.82) is 0 Å². The van der Waals surface area contributed by atoms with E-state index in [0.717, 1.165) is 50.2 Å². The van der Waals surface area contributed by atoms with Crippen molar-refractivity contribution >= 4 is 40.3 Å². The first kappa shape index (κ1) is 19.4. The molecule has 0 radical (unpaired) electrons. The summed E-state index contributed by atoms with van der Waals surface area (Å²) in [6, 6.07) is 9.23. The maximum atomic E-state index is 14.4. The zero-order chi connectivity index (χ0) is 20.4. The Morgan fingerprint density at radius 1 is 1.10 bits per heavy atom. The number of aliphatic imine (C=N–C) groups is 2. The van der Waals surface area contributed by atoms with Crippen molar-refractivity contribution in [3.05, 3.63) is 64.8 Å². The number of rotatable bonds is 3. The molecule has 0 unspecified atom stereocenters. The number of nitrogens with two attached hydrogens (primary N) is 1. The van der Waals surface area contributed by atoms with Gasteiger partial charge in [-0.2, -0.15) is 0 Å². The van der Waals surface area contributed by atoms with Crippen molar-refractivity contribution in [3.8, 4) is 0 Å². The van der Waals surface area contributed by atoms with Gasteiger partial charge in [0.1, 0.15) is 11.6 Å². The van der Waals surface area contributed by atoms with Crippen molar-refractivity contribution in [2.24, 2.45) is 15.7 Å². The molecular formula is C20H19ClF2N6. The SMILES string of the molecule is N/C=C(/Cl)C1=NC(c2c(F)cccc2F)=Nc2ccc(N3CCNCC3)cc2N1. The molecule has 6 nitrogen and oxygen atoms in total. The molecule has 29 heavy (non-hydrogen) atoms. The third-order valence-electron chi connectivity index (χ3n) is 4.72. The lowest BCUT2D eigenvalue weighted by molar-refractivity contribution is 0.579. The van der Waals surface area contributed by atoms with Crippen molar-refractivity contribution < 1.29 is 8.78 Å². The van der Waals surface area contributed by atoms with Crippen LogP contribution in [0.4, 0.5) is 25.8 Å². The number of amidine groups is 2. The molecule has 0 atom stereocenters. The first-order valence-corrected chi connectivity index (χ1v) is 9.51. The molecule has 9 heteroatoms. The fraction of sp³-hybridized carbons (Fsp3) is 0.200. The predicted molar refractivity (Wildman–Crippen MR) is 113 cm³/mol. The summed E-state index contributed by atoms with van der Waals surface area (Å²) in [5.74, 6) is -1.50. The molecule has 0 aliphatic carbocycles. The average Bonchev–Trinajstić information content (AvgIpc) is 2.92. The van der Waals surface area contributed by atoms with Crippen LogP contribution in [0.3, 0.4) is 0 Å². The van der Waals surface area contributed by atoms with Gasteiger partial charge < -0.3 is 21.3 Å². The van der Waals surface area contributed by atoms with Gasteiger partial charge >= 0.3 is 0 Å². The normalized spacial score (nSPS) is 17.1. The summed E-state index contributed by atoms with van der Waals surface area (Å²) >= 11 is 6.19. The highest BCUT2D eigenvalue weighted by Gasteiger charge is 2.22. The Morgan fingerprint density at radius 3 is 2.52 bits per heavy atom. The zero-order valence-corrected chi connectivity index (χ0v) is 16.2. The summed E-state index contributed by atoms with van der Waals surface area (Å²) in [4.78, 5) is 10.9. The van der Waals surface area contributed by atoms with Gasteiger partial charge in [-0.05, 0) is 30.3 Å². The number of benzene rings is 2. The molecule has 0 saturated carbocycles. The second kappa shape index (κ2) is 8.18. The van der Waals surface area contributed by atoms with Crippen molar-refractivity contribution in [1.82, 2.24) is 5.32 Å². The molecule has 2 heterocycles. The van der Waals surface area contributed by atoms with E-state index in [1.165, 1.54) is 6.07 Å². The van der Waals surface area contributed by atoms with Gasteiger partial charge in [-0.1, -0.05) is 17.7 Å². The van der Waals surface area contributed by atoms with E-state index >= 15 is 0 Å². The molecule has 2 aromatic rings. The molecule has 0 bridgehead atoms. The van der Waals surface area contributed by atoms with Crippen LogP contribution in [-0.4, -0.2) is 37.9 Å². The first-order valence-electron chi connectivity index (χ1n) is 9.13. The fourth-order valence-corrected chi connectivity index (χ4v) is 3.35. The fourth-order valence-electron chi connectivity index (χ4n) is 3.26. The molecular weight excluding hydrogens is 398 g/mol. The van der Waals surface area contributed by atoms with Crippen LogP contribution in [-0.2, 0) is 0 Å². The number of nitrogens with zero attached hydrogens (tertiary/aromatic N) is 3. The van der Waals surface area contributed by atoms with Gasteiger partial charge in [-0.25, -0.2) is 18.8 Å². The van der Waals surface area contributed by atoms with Crippen LogP contribution in [0, 0.1) is 11.6 Å². The zero-order valence-electron chi connectivity index (χ0n) is 15.4. The van der Waals surface area contributed by atoms with Gasteiger partial charge in [0.15, 0.2) is 11.7 Å². The maximum Gasteiger partial charge on any atom is 0.168 e. The summed E-state index contributed by atoms with van der Waals surface area (Å²) in [6.45, 7) is 3.54. The van der Waals surface area contributed by atoms with Crippen LogP contribution in [0.25, 0.3) is 0 Å². The van der Waals surface area contributed by atoms with Crippen LogP contribution in [0.1, 0.15) is 5.56 Å². The van der Waals surface area contributed by atoms with Crippen molar-refractivity contribution in [3.63, 3.8) is 0 Å². The smallest absolute Gasteiger partial charge is 0.168 e. The van der Waals surface area contributed by atoms with Crippen LogP contribution in [0.15, 0.2) is 57.6 Å². The molecule has 4 rings (SSSR count). The predicted octanol–water partition coefficient (Wildman–Crippen LogP) is 3.32. The molecule has 0 aromatic heterocycles. The minimum atomic E-state index is -0.763. The number of fused-ring (bicyclic) bond motifs is 1. The Bertz CT molecular complexity index is 1010. The Hall–Kier alpha value is -2.97. The molecule has 150 valence electrons. The minimum Gasteiger partial charge on any atom is -0.403 e. The Balaban J connectivity index is 1.83. The highest BCUT2D eigenvalue weighted by molar-refractivity contribution is 6.46. The van der Waals surface area contributed by atoms with E-state index < -0.39 is 11.6 Å². The quantitative estimate of drug-likeness (QED) is 0.717. The summed E-state index contributed by atoms with van der Waals surface area (Å²) in [7, 11) is 0.